The molecule has 0 spiro atoms. The molecule has 2 unspecified atom stereocenters. The highest BCUT2D eigenvalue weighted by Crippen LogP contribution is 2.32. The van der Waals surface area contributed by atoms with Gasteiger partial charge >= 0.3 is 0 Å². The quantitative estimate of drug-likeness (QED) is 0.715. The molecule has 0 bridgehead atoms. The lowest BCUT2D eigenvalue weighted by atomic mass is 9.92. The van der Waals surface area contributed by atoms with Crippen LogP contribution in [-0.4, -0.2) is 47.7 Å². The maximum absolute atomic E-state index is 12.0. The molecule has 0 radical (unpaired) electrons. The average Bonchev–Trinajstić information content (AvgIpc) is 2.81. The summed E-state index contributed by atoms with van der Waals surface area (Å²) in [5.74, 6) is -0.322. The first-order valence-corrected chi connectivity index (χ1v) is 6.02. The lowest BCUT2D eigenvalue weighted by Crippen LogP contribution is -2.41. The second-order valence-corrected chi connectivity index (χ2v) is 5.56. The summed E-state index contributed by atoms with van der Waals surface area (Å²) in [6, 6.07) is 0. The van der Waals surface area contributed by atoms with Gasteiger partial charge in [0.1, 0.15) is 0 Å². The van der Waals surface area contributed by atoms with Crippen molar-refractivity contribution in [1.82, 2.24) is 4.90 Å². The highest BCUT2D eigenvalue weighted by Gasteiger charge is 2.45. The normalized spacial score (nSPS) is 30.1. The molecule has 17 heavy (non-hydrogen) atoms. The Bertz CT molecular complexity index is 333. The van der Waals surface area contributed by atoms with Gasteiger partial charge in [-0.05, 0) is 6.42 Å². The van der Waals surface area contributed by atoms with Gasteiger partial charge in [0, 0.05) is 18.9 Å². The van der Waals surface area contributed by atoms with Crippen molar-refractivity contribution in [3.63, 3.8) is 0 Å². The molecule has 0 aromatic carbocycles. The van der Waals surface area contributed by atoms with E-state index in [0.717, 1.165) is 6.42 Å². The Labute approximate surface area is 101 Å². The number of likely N-dealkylation sites (tertiary alicyclic amines) is 1. The maximum Gasteiger partial charge on any atom is 0.235 e. The van der Waals surface area contributed by atoms with Gasteiger partial charge in [-0.15, -0.1) is 0 Å². The molecule has 0 aromatic rings. The van der Waals surface area contributed by atoms with Crippen LogP contribution >= 0.6 is 0 Å². The Kier molecular flexibility index (Phi) is 3.23. The van der Waals surface area contributed by atoms with Gasteiger partial charge in [-0.2, -0.15) is 0 Å². The lowest BCUT2D eigenvalue weighted by Gasteiger charge is -2.23. The highest BCUT2D eigenvalue weighted by molar-refractivity contribution is 6.05. The van der Waals surface area contributed by atoms with Gasteiger partial charge in [-0.3, -0.25) is 14.5 Å². The van der Waals surface area contributed by atoms with Gasteiger partial charge in [0.15, 0.2) is 0 Å². The summed E-state index contributed by atoms with van der Waals surface area (Å²) in [7, 11) is 0. The van der Waals surface area contributed by atoms with Crippen LogP contribution in [0.1, 0.15) is 26.7 Å². The van der Waals surface area contributed by atoms with Crippen molar-refractivity contribution in [1.29, 1.82) is 0 Å². The molecule has 2 fully saturated rings. The van der Waals surface area contributed by atoms with Gasteiger partial charge in [0.25, 0.3) is 0 Å². The van der Waals surface area contributed by atoms with Crippen LogP contribution in [0.2, 0.25) is 0 Å². The molecule has 2 saturated heterocycles. The van der Waals surface area contributed by atoms with Crippen molar-refractivity contribution in [3.05, 3.63) is 0 Å². The number of nitrogens with zero attached hydrogens (tertiary/aromatic N) is 1. The predicted molar refractivity (Wildman–Crippen MR) is 60.1 cm³/mol. The molecule has 2 amide bonds. The maximum atomic E-state index is 12.0. The van der Waals surface area contributed by atoms with Gasteiger partial charge in [-0.1, -0.05) is 13.8 Å². The third-order valence-electron chi connectivity index (χ3n) is 3.60. The number of hydrogen-bond acceptors (Lipinski definition) is 4. The van der Waals surface area contributed by atoms with Gasteiger partial charge < -0.3 is 9.84 Å². The summed E-state index contributed by atoms with van der Waals surface area (Å²) < 4.78 is 5.19. The topological polar surface area (TPSA) is 66.8 Å². The largest absolute Gasteiger partial charge is 0.391 e. The van der Waals surface area contributed by atoms with Crippen molar-refractivity contribution in [2.45, 2.75) is 32.8 Å². The van der Waals surface area contributed by atoms with Gasteiger partial charge in [0.2, 0.25) is 11.8 Å². The summed E-state index contributed by atoms with van der Waals surface area (Å²) in [5, 5.41) is 9.99. The molecule has 2 aliphatic rings. The van der Waals surface area contributed by atoms with Crippen LogP contribution in [0.3, 0.4) is 0 Å². The molecule has 5 heteroatoms. The van der Waals surface area contributed by atoms with Crippen molar-refractivity contribution in [2.24, 2.45) is 11.3 Å². The Balaban J connectivity index is 1.99. The number of carbonyl (C=O) groups excluding carboxylic acids is 2. The molecule has 1 N–H and O–H groups in total. The first-order chi connectivity index (χ1) is 7.92. The molecule has 2 atom stereocenters. The van der Waals surface area contributed by atoms with Crippen LogP contribution in [0, 0.1) is 11.3 Å². The van der Waals surface area contributed by atoms with Crippen LogP contribution in [0.5, 0.6) is 0 Å². The molecule has 2 rings (SSSR count). The minimum absolute atomic E-state index is 0.0410. The lowest BCUT2D eigenvalue weighted by molar-refractivity contribution is -0.143. The summed E-state index contributed by atoms with van der Waals surface area (Å²) in [5.41, 5.74) is -0.622. The summed E-state index contributed by atoms with van der Waals surface area (Å²) >= 11 is 0. The van der Waals surface area contributed by atoms with Crippen LogP contribution in [-0.2, 0) is 14.3 Å². The number of ether oxygens (including phenoxy) is 1. The second kappa shape index (κ2) is 4.38. The minimum Gasteiger partial charge on any atom is -0.391 e. The number of hydrogen-bond donors (Lipinski definition) is 1. The Morgan fingerprint density at radius 2 is 2.24 bits per heavy atom. The zero-order chi connectivity index (χ0) is 12.6. The van der Waals surface area contributed by atoms with E-state index in [-0.39, 0.29) is 30.7 Å². The highest BCUT2D eigenvalue weighted by atomic mass is 16.5. The first kappa shape index (κ1) is 12.5. The molecule has 0 aliphatic carbocycles. The van der Waals surface area contributed by atoms with Crippen LogP contribution in [0.15, 0.2) is 0 Å². The molecule has 5 nitrogen and oxygen atoms in total. The molecular weight excluding hydrogens is 222 g/mol. The standard InChI is InChI=1S/C12H19NO4/c1-12(2)5-10(15)13(11(12)16)6-9(14)8-3-4-17-7-8/h8-9,14H,3-7H2,1-2H3. The fraction of sp³-hybridized carbons (Fsp3) is 0.833. The number of aliphatic hydroxyl groups is 1. The van der Waals surface area contributed by atoms with Crippen LogP contribution in [0.4, 0.5) is 0 Å². The van der Waals surface area contributed by atoms with E-state index in [1.807, 2.05) is 0 Å². The van der Waals surface area contributed by atoms with Gasteiger partial charge in [0.05, 0.1) is 24.7 Å². The minimum atomic E-state index is -0.667. The zero-order valence-electron chi connectivity index (χ0n) is 10.3. The number of imide groups is 1. The van der Waals surface area contributed by atoms with Gasteiger partial charge in [-0.25, -0.2) is 0 Å². The number of aliphatic hydroxyl groups excluding tert-OH is 1. The third-order valence-corrected chi connectivity index (χ3v) is 3.60. The van der Waals surface area contributed by atoms with Crippen molar-refractivity contribution in [2.75, 3.05) is 19.8 Å². The fourth-order valence-electron chi connectivity index (χ4n) is 2.40. The van der Waals surface area contributed by atoms with E-state index < -0.39 is 11.5 Å². The van der Waals surface area contributed by atoms with E-state index >= 15 is 0 Å². The van der Waals surface area contributed by atoms with E-state index in [1.165, 1.54) is 4.90 Å². The number of rotatable bonds is 3. The van der Waals surface area contributed by atoms with E-state index in [2.05, 4.69) is 0 Å². The first-order valence-electron chi connectivity index (χ1n) is 6.02. The summed E-state index contributed by atoms with van der Waals surface area (Å²) in [4.78, 5) is 24.9. The number of carbonyl (C=O) groups is 2. The fourth-order valence-corrected chi connectivity index (χ4v) is 2.40. The number of β-amino-alcohol motifs (C(OH)–C–C–N with tert-alkyl or cyclic N) is 1. The van der Waals surface area contributed by atoms with Crippen LogP contribution < -0.4 is 0 Å². The molecule has 96 valence electrons. The Hall–Kier alpha value is -0.940. The zero-order valence-corrected chi connectivity index (χ0v) is 10.3. The Morgan fingerprint density at radius 1 is 1.53 bits per heavy atom. The SMILES string of the molecule is CC1(C)CC(=O)N(CC(O)C2CCOC2)C1=O. The monoisotopic (exact) mass is 241 g/mol. The number of amides is 2. The average molecular weight is 241 g/mol. The molecule has 0 aromatic heterocycles. The van der Waals surface area contributed by atoms with E-state index in [0.29, 0.717) is 13.2 Å². The van der Waals surface area contributed by atoms with Crippen molar-refractivity contribution >= 4 is 11.8 Å². The van der Waals surface area contributed by atoms with E-state index in [4.69, 9.17) is 4.74 Å². The molecule has 2 heterocycles. The van der Waals surface area contributed by atoms with E-state index in [1.54, 1.807) is 13.8 Å². The van der Waals surface area contributed by atoms with Crippen molar-refractivity contribution in [3.8, 4) is 0 Å². The third kappa shape index (κ3) is 2.35. The molecular formula is C12H19NO4. The summed E-state index contributed by atoms with van der Waals surface area (Å²) in [6.07, 6.45) is 0.361. The second-order valence-electron chi connectivity index (χ2n) is 5.56. The van der Waals surface area contributed by atoms with E-state index in [9.17, 15) is 14.7 Å². The Morgan fingerprint density at radius 3 is 2.71 bits per heavy atom. The summed E-state index contributed by atoms with van der Waals surface area (Å²) in [6.45, 7) is 4.79. The van der Waals surface area contributed by atoms with Crippen LogP contribution in [0.25, 0.3) is 0 Å². The smallest absolute Gasteiger partial charge is 0.235 e. The molecule has 2 aliphatic heterocycles. The molecule has 0 saturated carbocycles. The van der Waals surface area contributed by atoms with Crippen molar-refractivity contribution < 1.29 is 19.4 Å². The predicted octanol–water partition coefficient (Wildman–Crippen LogP) is 0.169.